The van der Waals surface area contributed by atoms with Crippen LogP contribution in [0.4, 0.5) is 34.1 Å². The van der Waals surface area contributed by atoms with Crippen LogP contribution in [-0.4, -0.2) is 0 Å². The van der Waals surface area contributed by atoms with E-state index in [1.807, 2.05) is 0 Å². The molecule has 0 saturated heterocycles. The lowest BCUT2D eigenvalue weighted by atomic mass is 9.65. The lowest BCUT2D eigenvalue weighted by molar-refractivity contribution is 0.597. The summed E-state index contributed by atoms with van der Waals surface area (Å²) < 4.78 is 0. The zero-order valence-electron chi connectivity index (χ0n) is 38.9. The molecule has 4 aliphatic rings. The van der Waals surface area contributed by atoms with Crippen LogP contribution in [0.5, 0.6) is 0 Å². The molecule has 0 radical (unpaired) electrons. The number of benzene rings is 8. The van der Waals surface area contributed by atoms with Gasteiger partial charge in [-0.15, -0.1) is 0 Å². The monoisotopic (exact) mass is 828 g/mol. The summed E-state index contributed by atoms with van der Waals surface area (Å²) in [6.45, 7) is 23.9. The molecule has 0 atom stereocenters. The Hall–Kier alpha value is -6.64. The summed E-state index contributed by atoms with van der Waals surface area (Å²) >= 11 is 0. The van der Waals surface area contributed by atoms with Crippen molar-refractivity contribution in [3.63, 3.8) is 0 Å². The quantitative estimate of drug-likeness (QED) is 0.175. The van der Waals surface area contributed by atoms with Crippen LogP contribution in [0.3, 0.4) is 0 Å². The first-order valence-corrected chi connectivity index (χ1v) is 23.2. The summed E-state index contributed by atoms with van der Waals surface area (Å²) in [5.74, 6) is 0. The maximum atomic E-state index is 2.55. The zero-order valence-corrected chi connectivity index (χ0v) is 38.9. The third kappa shape index (κ3) is 5.09. The van der Waals surface area contributed by atoms with Gasteiger partial charge in [-0.3, -0.25) is 0 Å². The molecule has 0 fully saturated rings. The molecule has 2 nitrogen and oxygen atoms in total. The fourth-order valence-electron chi connectivity index (χ4n) is 12.4. The average Bonchev–Trinajstić information content (AvgIpc) is 3.29. The Kier molecular flexibility index (Phi) is 7.91. The van der Waals surface area contributed by atoms with Gasteiger partial charge in [0.25, 0.3) is 0 Å². The van der Waals surface area contributed by atoms with Crippen molar-refractivity contribution in [2.45, 2.75) is 90.9 Å². The fraction of sp³-hybridized carbons (Fsp3) is 0.226. The molecule has 8 aromatic carbocycles. The average molecular weight is 829 g/mol. The zero-order chi connectivity index (χ0) is 44.2. The van der Waals surface area contributed by atoms with Crippen molar-refractivity contribution in [3.8, 4) is 33.4 Å². The topological polar surface area (TPSA) is 6.48 Å². The van der Waals surface area contributed by atoms with E-state index in [4.69, 9.17) is 0 Å². The summed E-state index contributed by atoms with van der Waals surface area (Å²) in [6, 6.07) is 60.3. The molecular weight excluding hydrogens is 773 g/mol. The van der Waals surface area contributed by atoms with Crippen LogP contribution in [0.1, 0.15) is 111 Å². The molecule has 4 heterocycles. The lowest BCUT2D eigenvalue weighted by Crippen LogP contribution is -2.38. The van der Waals surface area contributed by atoms with Crippen molar-refractivity contribution in [2.24, 2.45) is 0 Å². The van der Waals surface area contributed by atoms with E-state index >= 15 is 0 Å². The van der Waals surface area contributed by atoms with Gasteiger partial charge in [0.1, 0.15) is 0 Å². The Morgan fingerprint density at radius 1 is 0.281 bits per heavy atom. The summed E-state index contributed by atoms with van der Waals surface area (Å²) in [4.78, 5) is 5.09. The first-order chi connectivity index (χ1) is 30.6. The van der Waals surface area contributed by atoms with E-state index in [1.54, 1.807) is 0 Å². The number of hydrogen-bond donors (Lipinski definition) is 0. The highest BCUT2D eigenvalue weighted by Crippen LogP contribution is 2.62. The third-order valence-corrected chi connectivity index (χ3v) is 16.0. The van der Waals surface area contributed by atoms with Gasteiger partial charge in [0.15, 0.2) is 0 Å². The molecule has 64 heavy (non-hydrogen) atoms. The number of nitrogens with zero attached hydrogens (tertiary/aromatic N) is 2. The molecule has 0 bridgehead atoms. The van der Waals surface area contributed by atoms with Crippen LogP contribution < -0.4 is 9.80 Å². The van der Waals surface area contributed by atoms with Crippen LogP contribution in [0.25, 0.3) is 33.4 Å². The minimum atomic E-state index is -0.171. The predicted molar refractivity (Wildman–Crippen MR) is 270 cm³/mol. The molecule has 0 unspecified atom stereocenters. The third-order valence-electron chi connectivity index (χ3n) is 16.0. The maximum absolute atomic E-state index is 2.55. The second-order valence-corrected chi connectivity index (χ2v) is 21.1. The molecule has 0 aromatic heterocycles. The number of hydrogen-bond acceptors (Lipinski definition) is 2. The minimum absolute atomic E-state index is 0.165. The van der Waals surface area contributed by atoms with Gasteiger partial charge in [-0.1, -0.05) is 165 Å². The highest BCUT2D eigenvalue weighted by molar-refractivity contribution is 5.96. The lowest BCUT2D eigenvalue weighted by Gasteiger charge is -2.49. The molecule has 4 aliphatic heterocycles. The van der Waals surface area contributed by atoms with Gasteiger partial charge in [0.2, 0.25) is 0 Å². The molecule has 0 amide bonds. The smallest absolute Gasteiger partial charge is 0.0544 e. The van der Waals surface area contributed by atoms with Crippen LogP contribution in [0.15, 0.2) is 158 Å². The number of rotatable bonds is 3. The fourth-order valence-corrected chi connectivity index (χ4v) is 12.4. The molecule has 0 N–H and O–H groups in total. The van der Waals surface area contributed by atoms with Gasteiger partial charge in [0.05, 0.1) is 34.1 Å². The molecule has 12 rings (SSSR count). The normalized spacial score (nSPS) is 17.0. The van der Waals surface area contributed by atoms with Crippen LogP contribution >= 0.6 is 0 Å². The predicted octanol–water partition coefficient (Wildman–Crippen LogP) is 16.8. The highest BCUT2D eigenvalue weighted by Gasteiger charge is 2.47. The molecule has 0 spiro atoms. The number of anilines is 6. The van der Waals surface area contributed by atoms with Crippen molar-refractivity contribution in [3.05, 3.63) is 213 Å². The number of fused-ring (bicyclic) bond motifs is 8. The molecule has 2 heteroatoms. The van der Waals surface area contributed by atoms with Gasteiger partial charge in [-0.05, 0) is 151 Å². The Balaban J connectivity index is 0.952. The van der Waals surface area contributed by atoms with Crippen molar-refractivity contribution < 1.29 is 0 Å². The second kappa shape index (κ2) is 13.0. The molecular formula is C62H56N2. The first-order valence-electron chi connectivity index (χ1n) is 23.2. The van der Waals surface area contributed by atoms with Gasteiger partial charge >= 0.3 is 0 Å². The van der Waals surface area contributed by atoms with Gasteiger partial charge in [-0.2, -0.15) is 0 Å². The largest absolute Gasteiger partial charge is 0.309 e. The molecule has 0 saturated carbocycles. The van der Waals surface area contributed by atoms with E-state index in [-0.39, 0.29) is 21.7 Å². The van der Waals surface area contributed by atoms with E-state index in [1.165, 1.54) is 123 Å². The minimum Gasteiger partial charge on any atom is -0.309 e. The second-order valence-electron chi connectivity index (χ2n) is 21.1. The van der Waals surface area contributed by atoms with Crippen molar-refractivity contribution in [1.29, 1.82) is 0 Å². The van der Waals surface area contributed by atoms with Crippen molar-refractivity contribution in [2.75, 3.05) is 9.80 Å². The van der Waals surface area contributed by atoms with E-state index in [9.17, 15) is 0 Å². The molecule has 0 aliphatic carbocycles. The van der Waals surface area contributed by atoms with E-state index in [2.05, 4.69) is 237 Å². The summed E-state index contributed by atoms with van der Waals surface area (Å²) in [5.41, 5.74) is 28.4. The van der Waals surface area contributed by atoms with Crippen LogP contribution in [0.2, 0.25) is 0 Å². The number of para-hydroxylation sites is 4. The van der Waals surface area contributed by atoms with E-state index < -0.39 is 0 Å². The van der Waals surface area contributed by atoms with Gasteiger partial charge < -0.3 is 9.80 Å². The van der Waals surface area contributed by atoms with Crippen molar-refractivity contribution >= 4 is 34.1 Å². The molecule has 8 aromatic rings. The Bertz CT molecular complexity index is 3140. The maximum Gasteiger partial charge on any atom is 0.0544 e. The van der Waals surface area contributed by atoms with Gasteiger partial charge in [0, 0.05) is 21.7 Å². The number of aryl methyl sites for hydroxylation is 2. The van der Waals surface area contributed by atoms with E-state index in [0.29, 0.717) is 0 Å². The van der Waals surface area contributed by atoms with Gasteiger partial charge in [-0.25, -0.2) is 0 Å². The standard InChI is InChI=1S/C62H56N2/c1-37-32-44(42-35-51-58-52(36-42)62(9,10)48-22-14-18-26-56(48)64(58)55-25-17-13-21-47(55)61(51,7)8)38(2)31-43(37)40-29-27-39(28-30-40)41-33-49-57-50(34-41)60(5,6)46-20-12-16-24-54(46)63(57)53-23-15-11-19-45(53)59(49,3)4/h11-36H,1-10H3. The summed E-state index contributed by atoms with van der Waals surface area (Å²) in [7, 11) is 0. The Labute approximate surface area is 379 Å². The first kappa shape index (κ1) is 39.0. The van der Waals surface area contributed by atoms with Crippen molar-refractivity contribution in [1.82, 2.24) is 0 Å². The summed E-state index contributed by atoms with van der Waals surface area (Å²) in [5, 5.41) is 0. The van der Waals surface area contributed by atoms with E-state index in [0.717, 1.165) is 0 Å². The SMILES string of the molecule is Cc1cc(-c2cc3c4c(c2)C(C)(C)c2ccccc2N4c2ccccc2C3(C)C)c(C)cc1-c1ccc(-c2cc3c4c(c2)C(C)(C)c2ccccc2N4c2ccccc2C3(C)C)cc1. The van der Waals surface area contributed by atoms with Crippen LogP contribution in [-0.2, 0) is 21.7 Å². The molecule has 314 valence electrons. The Morgan fingerprint density at radius 3 is 0.906 bits per heavy atom. The van der Waals surface area contributed by atoms with Crippen LogP contribution in [0, 0.1) is 13.8 Å². The summed E-state index contributed by atoms with van der Waals surface area (Å²) in [6.07, 6.45) is 0. The highest BCUT2D eigenvalue weighted by atomic mass is 15.2. The Morgan fingerprint density at radius 2 is 0.562 bits per heavy atom.